The van der Waals surface area contributed by atoms with E-state index in [0.717, 1.165) is 31.2 Å². The van der Waals surface area contributed by atoms with Crippen LogP contribution < -0.4 is 10.6 Å². The second-order valence-corrected chi connectivity index (χ2v) is 9.44. The molecular weight excluding hydrogens is 428 g/mol. The smallest absolute Gasteiger partial charge is 0.328 e. The van der Waals surface area contributed by atoms with Crippen molar-refractivity contribution in [2.45, 2.75) is 82.5 Å². The quantitative estimate of drug-likeness (QED) is 0.229. The van der Waals surface area contributed by atoms with Crippen LogP contribution in [0.2, 0.25) is 0 Å². The van der Waals surface area contributed by atoms with E-state index in [-0.39, 0.29) is 36.5 Å². The summed E-state index contributed by atoms with van der Waals surface area (Å²) in [6.07, 6.45) is 4.51. The molecule has 0 heterocycles. The van der Waals surface area contributed by atoms with Crippen molar-refractivity contribution in [3.63, 3.8) is 0 Å². The van der Waals surface area contributed by atoms with E-state index in [1.54, 1.807) is 12.1 Å². The molecule has 2 amide bonds. The first kappa shape index (κ1) is 26.0. The van der Waals surface area contributed by atoms with Crippen molar-refractivity contribution in [1.82, 2.24) is 10.6 Å². The normalized spacial score (nSPS) is 16.9. The number of amides is 2. The molecule has 32 heavy (non-hydrogen) atoms. The van der Waals surface area contributed by atoms with Gasteiger partial charge in [0.1, 0.15) is 17.3 Å². The molecule has 0 bridgehead atoms. The molecule has 1 saturated carbocycles. The summed E-state index contributed by atoms with van der Waals surface area (Å²) in [6, 6.07) is 5.59. The number of phenols is 1. The van der Waals surface area contributed by atoms with Gasteiger partial charge in [-0.05, 0) is 42.9 Å². The summed E-state index contributed by atoms with van der Waals surface area (Å²) in [4.78, 5) is 38.8. The van der Waals surface area contributed by atoms with Crippen LogP contribution >= 0.6 is 12.6 Å². The van der Waals surface area contributed by atoms with Crippen LogP contribution in [0.15, 0.2) is 24.3 Å². The van der Waals surface area contributed by atoms with Crippen LogP contribution in [0.4, 0.5) is 0 Å². The number of thiol groups is 1. The van der Waals surface area contributed by atoms with Crippen LogP contribution in [-0.4, -0.2) is 46.3 Å². The largest absolute Gasteiger partial charge is 0.508 e. The van der Waals surface area contributed by atoms with Crippen LogP contribution in [0.3, 0.4) is 0 Å². The average molecular weight is 465 g/mol. The van der Waals surface area contributed by atoms with Gasteiger partial charge < -0.3 is 20.5 Å². The third kappa shape index (κ3) is 7.15. The van der Waals surface area contributed by atoms with Crippen molar-refractivity contribution in [3.8, 4) is 5.75 Å². The Labute approximate surface area is 196 Å². The summed E-state index contributed by atoms with van der Waals surface area (Å²) in [5.74, 6) is -1.01. The molecule has 1 aromatic carbocycles. The Morgan fingerprint density at radius 3 is 2.34 bits per heavy atom. The zero-order valence-corrected chi connectivity index (χ0v) is 20.1. The SMILES string of the molecule is CCCCOC(=O)[C@H](Cc1ccc(O)cc1)NC(=O)C1(NC(=O)[C@@H](S)C(C)C)CCCC1. The summed E-state index contributed by atoms with van der Waals surface area (Å²) in [7, 11) is 0. The number of phenolic OH excluding ortho intramolecular Hbond substituents is 1. The second kappa shape index (κ2) is 12.1. The zero-order valence-electron chi connectivity index (χ0n) is 19.2. The van der Waals surface area contributed by atoms with E-state index >= 15 is 0 Å². The Bertz CT molecular complexity index is 775. The lowest BCUT2D eigenvalue weighted by atomic mass is 9.94. The summed E-state index contributed by atoms with van der Waals surface area (Å²) in [5, 5.41) is 14.8. The van der Waals surface area contributed by atoms with E-state index in [1.165, 1.54) is 12.1 Å². The van der Waals surface area contributed by atoms with E-state index < -0.39 is 22.8 Å². The highest BCUT2D eigenvalue weighted by molar-refractivity contribution is 7.81. The molecule has 7 nitrogen and oxygen atoms in total. The van der Waals surface area contributed by atoms with Crippen molar-refractivity contribution in [3.05, 3.63) is 29.8 Å². The lowest BCUT2D eigenvalue weighted by molar-refractivity contribution is -0.148. The molecule has 0 aliphatic heterocycles. The molecule has 2 rings (SSSR count). The van der Waals surface area contributed by atoms with Gasteiger partial charge in [-0.3, -0.25) is 9.59 Å². The third-order valence-electron chi connectivity index (χ3n) is 5.86. The summed E-state index contributed by atoms with van der Waals surface area (Å²) in [5.41, 5.74) is -0.274. The van der Waals surface area contributed by atoms with Gasteiger partial charge in [0.25, 0.3) is 0 Å². The number of aromatic hydroxyl groups is 1. The first-order chi connectivity index (χ1) is 15.2. The highest BCUT2D eigenvalue weighted by Gasteiger charge is 2.44. The highest BCUT2D eigenvalue weighted by Crippen LogP contribution is 2.31. The number of esters is 1. The van der Waals surface area contributed by atoms with Gasteiger partial charge in [-0.1, -0.05) is 52.2 Å². The molecule has 1 aliphatic carbocycles. The topological polar surface area (TPSA) is 105 Å². The first-order valence-corrected chi connectivity index (χ1v) is 12.0. The lowest BCUT2D eigenvalue weighted by Crippen LogP contribution is -2.61. The number of benzene rings is 1. The molecule has 0 aromatic heterocycles. The second-order valence-electron chi connectivity index (χ2n) is 8.88. The fourth-order valence-corrected chi connectivity index (χ4v) is 3.84. The molecular formula is C24H36N2O5S. The van der Waals surface area contributed by atoms with Gasteiger partial charge in [0.2, 0.25) is 11.8 Å². The van der Waals surface area contributed by atoms with Crippen molar-refractivity contribution >= 4 is 30.4 Å². The molecule has 0 spiro atoms. The number of nitrogens with one attached hydrogen (secondary N) is 2. The molecule has 0 radical (unpaired) electrons. The summed E-state index contributed by atoms with van der Waals surface area (Å²) in [6.45, 7) is 6.09. The van der Waals surface area contributed by atoms with Crippen LogP contribution in [0.25, 0.3) is 0 Å². The van der Waals surface area contributed by atoms with Crippen LogP contribution in [0.5, 0.6) is 5.75 Å². The number of hydrogen-bond acceptors (Lipinski definition) is 6. The monoisotopic (exact) mass is 464 g/mol. The number of ether oxygens (including phenoxy) is 1. The minimum atomic E-state index is -1.05. The Morgan fingerprint density at radius 1 is 1.16 bits per heavy atom. The van der Waals surface area contributed by atoms with Crippen LogP contribution in [-0.2, 0) is 25.5 Å². The minimum absolute atomic E-state index is 0.0237. The lowest BCUT2D eigenvalue weighted by Gasteiger charge is -2.32. The Kier molecular flexibility index (Phi) is 9.87. The number of hydrogen-bond donors (Lipinski definition) is 4. The molecule has 1 aromatic rings. The van der Waals surface area contributed by atoms with Crippen LogP contribution in [0, 0.1) is 5.92 Å². The standard InChI is InChI=1S/C24H36N2O5S/c1-4-5-14-31-22(29)19(15-17-8-10-18(27)11-9-17)25-23(30)24(12-6-7-13-24)26-21(28)20(32)16(2)3/h8-11,16,19-20,27,32H,4-7,12-15H2,1-3H3,(H,25,30)(H,26,28)/t19-,20-/m0/s1. The molecule has 8 heteroatoms. The van der Waals surface area contributed by atoms with Gasteiger partial charge in [0, 0.05) is 6.42 Å². The van der Waals surface area contributed by atoms with Gasteiger partial charge >= 0.3 is 5.97 Å². The van der Waals surface area contributed by atoms with Gasteiger partial charge in [0.15, 0.2) is 0 Å². The van der Waals surface area contributed by atoms with E-state index in [2.05, 4.69) is 23.3 Å². The molecule has 2 atom stereocenters. The van der Waals surface area contributed by atoms with Crippen LogP contribution in [0.1, 0.15) is 64.9 Å². The fourth-order valence-electron chi connectivity index (χ4n) is 3.78. The number of rotatable bonds is 11. The number of carbonyl (C=O) groups excluding carboxylic acids is 3. The molecule has 0 saturated heterocycles. The Hall–Kier alpha value is -2.22. The minimum Gasteiger partial charge on any atom is -0.508 e. The maximum Gasteiger partial charge on any atom is 0.328 e. The molecule has 1 fully saturated rings. The van der Waals surface area contributed by atoms with Crippen molar-refractivity contribution in [2.75, 3.05) is 6.61 Å². The van der Waals surface area contributed by atoms with Crippen molar-refractivity contribution in [1.29, 1.82) is 0 Å². The van der Waals surface area contributed by atoms with E-state index in [9.17, 15) is 19.5 Å². The molecule has 1 aliphatic rings. The summed E-state index contributed by atoms with van der Waals surface area (Å²) >= 11 is 4.38. The van der Waals surface area contributed by atoms with Crippen molar-refractivity contribution in [2.24, 2.45) is 5.92 Å². The van der Waals surface area contributed by atoms with Gasteiger partial charge in [-0.25, -0.2) is 4.79 Å². The highest BCUT2D eigenvalue weighted by atomic mass is 32.1. The average Bonchev–Trinajstić information content (AvgIpc) is 3.23. The third-order valence-corrected chi connectivity index (χ3v) is 6.69. The maximum absolute atomic E-state index is 13.4. The van der Waals surface area contributed by atoms with Gasteiger partial charge in [0.05, 0.1) is 11.9 Å². The molecule has 178 valence electrons. The predicted molar refractivity (Wildman–Crippen MR) is 127 cm³/mol. The summed E-state index contributed by atoms with van der Waals surface area (Å²) < 4.78 is 5.39. The number of carbonyl (C=O) groups is 3. The molecule has 3 N–H and O–H groups in total. The molecule has 0 unspecified atom stereocenters. The fraction of sp³-hybridized carbons (Fsp3) is 0.625. The number of unbranched alkanes of at least 4 members (excludes halogenated alkanes) is 1. The Morgan fingerprint density at radius 2 is 1.78 bits per heavy atom. The van der Waals surface area contributed by atoms with Crippen molar-refractivity contribution < 1.29 is 24.2 Å². The Balaban J connectivity index is 2.18. The van der Waals surface area contributed by atoms with Gasteiger partial charge in [-0.2, -0.15) is 12.6 Å². The van der Waals surface area contributed by atoms with E-state index in [0.29, 0.717) is 12.8 Å². The van der Waals surface area contributed by atoms with E-state index in [1.807, 2.05) is 20.8 Å². The zero-order chi connectivity index (χ0) is 23.7. The first-order valence-electron chi connectivity index (χ1n) is 11.4. The maximum atomic E-state index is 13.4. The van der Waals surface area contributed by atoms with Gasteiger partial charge in [-0.15, -0.1) is 0 Å². The predicted octanol–water partition coefficient (Wildman–Crippen LogP) is 3.15. The van der Waals surface area contributed by atoms with E-state index in [4.69, 9.17) is 4.74 Å².